The maximum absolute atomic E-state index is 12.3. The molecule has 3 rings (SSSR count). The van der Waals surface area contributed by atoms with E-state index in [1.54, 1.807) is 18.2 Å². The molecule has 0 aliphatic carbocycles. The van der Waals surface area contributed by atoms with Crippen LogP contribution in [0.3, 0.4) is 0 Å². The number of fused-ring (bicyclic) bond motifs is 1. The molecule has 2 aromatic rings. The number of ether oxygens (including phenoxy) is 1. The molecular weight excluding hydrogens is 262 g/mol. The third-order valence-corrected chi connectivity index (χ3v) is 3.94. The summed E-state index contributed by atoms with van der Waals surface area (Å²) in [5.74, 6) is -0.0947. The van der Waals surface area contributed by atoms with Crippen molar-refractivity contribution in [2.24, 2.45) is 0 Å². The summed E-state index contributed by atoms with van der Waals surface area (Å²) < 4.78 is 5.16. The molecule has 4 nitrogen and oxygen atoms in total. The predicted molar refractivity (Wildman–Crippen MR) is 71.5 cm³/mol. The topological polar surface area (TPSA) is 46.6 Å². The smallest absolute Gasteiger partial charge is 0.265 e. The number of nitrogens with zero attached hydrogens (tertiary/aromatic N) is 1. The van der Waals surface area contributed by atoms with Crippen LogP contribution in [0.15, 0.2) is 35.7 Å². The van der Waals surface area contributed by atoms with Crippen LogP contribution in [0.5, 0.6) is 5.75 Å². The number of methoxy groups -OCH3 is 1. The Labute approximate surface area is 114 Å². The molecule has 1 aromatic carbocycles. The van der Waals surface area contributed by atoms with Crippen LogP contribution in [0.2, 0.25) is 0 Å². The lowest BCUT2D eigenvalue weighted by Crippen LogP contribution is -2.28. The average molecular weight is 273 g/mol. The fourth-order valence-electron chi connectivity index (χ4n) is 2.17. The first-order valence-electron chi connectivity index (χ1n) is 5.78. The molecule has 5 heteroatoms. The van der Waals surface area contributed by atoms with Crippen molar-refractivity contribution in [3.05, 3.63) is 51.7 Å². The predicted octanol–water partition coefficient (Wildman–Crippen LogP) is 2.55. The second-order valence-corrected chi connectivity index (χ2v) is 5.19. The van der Waals surface area contributed by atoms with Crippen LogP contribution in [0.25, 0.3) is 0 Å². The van der Waals surface area contributed by atoms with E-state index in [2.05, 4.69) is 0 Å². The van der Waals surface area contributed by atoms with Gasteiger partial charge in [0.2, 0.25) is 0 Å². The molecule has 19 heavy (non-hydrogen) atoms. The van der Waals surface area contributed by atoms with Gasteiger partial charge in [0.1, 0.15) is 5.75 Å². The van der Waals surface area contributed by atoms with Gasteiger partial charge in [-0.3, -0.25) is 14.5 Å². The van der Waals surface area contributed by atoms with E-state index in [1.165, 1.54) is 23.3 Å². The van der Waals surface area contributed by atoms with Crippen molar-refractivity contribution in [2.75, 3.05) is 7.11 Å². The fraction of sp³-hybridized carbons (Fsp3) is 0.143. The maximum Gasteiger partial charge on any atom is 0.265 e. The highest BCUT2D eigenvalue weighted by Gasteiger charge is 2.37. The van der Waals surface area contributed by atoms with E-state index < -0.39 is 0 Å². The van der Waals surface area contributed by atoms with Gasteiger partial charge in [-0.05, 0) is 23.6 Å². The van der Waals surface area contributed by atoms with Crippen molar-refractivity contribution >= 4 is 23.2 Å². The number of carbonyl (C=O) groups excluding carboxylic acids is 2. The van der Waals surface area contributed by atoms with Gasteiger partial charge in [0.25, 0.3) is 11.8 Å². The summed E-state index contributed by atoms with van der Waals surface area (Å²) in [5, 5.41) is 1.92. The molecule has 0 bridgehead atoms. The standard InChI is InChI=1S/C14H11NO3S/c1-18-11-6-2-5-10-12(11)14(17)15(13(10)16)8-9-4-3-7-19-9/h2-7H,8H2,1H3. The Hall–Kier alpha value is -2.14. The van der Waals surface area contributed by atoms with E-state index >= 15 is 0 Å². The first-order valence-corrected chi connectivity index (χ1v) is 6.66. The summed E-state index contributed by atoms with van der Waals surface area (Å²) in [6.07, 6.45) is 0. The molecule has 0 radical (unpaired) electrons. The van der Waals surface area contributed by atoms with E-state index in [9.17, 15) is 9.59 Å². The highest BCUT2D eigenvalue weighted by Crippen LogP contribution is 2.31. The Balaban J connectivity index is 2.00. The number of amides is 2. The minimum Gasteiger partial charge on any atom is -0.496 e. The quantitative estimate of drug-likeness (QED) is 0.807. The highest BCUT2D eigenvalue weighted by atomic mass is 32.1. The number of benzene rings is 1. The lowest BCUT2D eigenvalue weighted by molar-refractivity contribution is 0.0643. The SMILES string of the molecule is COc1cccc2c1C(=O)N(Cc1cccs1)C2=O. The molecule has 96 valence electrons. The lowest BCUT2D eigenvalue weighted by atomic mass is 10.1. The zero-order valence-corrected chi connectivity index (χ0v) is 11.1. The zero-order valence-electron chi connectivity index (χ0n) is 10.3. The number of carbonyl (C=O) groups is 2. The normalized spacial score (nSPS) is 13.8. The molecule has 1 aromatic heterocycles. The number of hydrogen-bond acceptors (Lipinski definition) is 4. The lowest BCUT2D eigenvalue weighted by Gasteiger charge is -2.12. The van der Waals surface area contributed by atoms with Crippen LogP contribution in [-0.2, 0) is 6.54 Å². The van der Waals surface area contributed by atoms with Crippen molar-refractivity contribution in [2.45, 2.75) is 6.54 Å². The van der Waals surface area contributed by atoms with Crippen LogP contribution < -0.4 is 4.74 Å². The minimum atomic E-state index is -0.286. The van der Waals surface area contributed by atoms with Crippen LogP contribution in [0.1, 0.15) is 25.6 Å². The van der Waals surface area contributed by atoms with Crippen molar-refractivity contribution in [1.29, 1.82) is 0 Å². The van der Waals surface area contributed by atoms with Gasteiger partial charge >= 0.3 is 0 Å². The van der Waals surface area contributed by atoms with E-state index in [0.717, 1.165) is 4.88 Å². The molecule has 1 aliphatic heterocycles. The van der Waals surface area contributed by atoms with Gasteiger partial charge in [0, 0.05) is 4.88 Å². The van der Waals surface area contributed by atoms with Crippen molar-refractivity contribution in [1.82, 2.24) is 4.90 Å². The summed E-state index contributed by atoms with van der Waals surface area (Å²) in [4.78, 5) is 26.8. The van der Waals surface area contributed by atoms with Crippen LogP contribution in [0.4, 0.5) is 0 Å². The average Bonchev–Trinajstić information content (AvgIpc) is 3.02. The van der Waals surface area contributed by atoms with E-state index in [4.69, 9.17) is 4.74 Å². The summed E-state index contributed by atoms with van der Waals surface area (Å²) in [5.41, 5.74) is 0.785. The fourth-order valence-corrected chi connectivity index (χ4v) is 2.87. The van der Waals surface area contributed by atoms with Gasteiger partial charge in [-0.2, -0.15) is 0 Å². The number of hydrogen-bond donors (Lipinski definition) is 0. The zero-order chi connectivity index (χ0) is 13.4. The van der Waals surface area contributed by atoms with E-state index in [1.807, 2.05) is 17.5 Å². The molecule has 2 heterocycles. The number of imide groups is 1. The molecule has 0 fully saturated rings. The highest BCUT2D eigenvalue weighted by molar-refractivity contribution is 7.09. The summed E-state index contributed by atoms with van der Waals surface area (Å²) in [7, 11) is 1.50. The van der Waals surface area contributed by atoms with Gasteiger partial charge in [-0.25, -0.2) is 0 Å². The Morgan fingerprint density at radius 3 is 2.68 bits per heavy atom. The first-order chi connectivity index (χ1) is 9.22. The molecule has 2 amide bonds. The van der Waals surface area contributed by atoms with Gasteiger partial charge in [0.15, 0.2) is 0 Å². The van der Waals surface area contributed by atoms with Gasteiger partial charge < -0.3 is 4.74 Å². The van der Waals surface area contributed by atoms with Gasteiger partial charge in [0.05, 0.1) is 24.8 Å². The minimum absolute atomic E-state index is 0.257. The van der Waals surface area contributed by atoms with Gasteiger partial charge in [-0.1, -0.05) is 12.1 Å². The second kappa shape index (κ2) is 4.51. The van der Waals surface area contributed by atoms with E-state index in [-0.39, 0.29) is 11.8 Å². The molecular formula is C14H11NO3S. The molecule has 0 unspecified atom stereocenters. The van der Waals surface area contributed by atoms with Crippen LogP contribution >= 0.6 is 11.3 Å². The van der Waals surface area contributed by atoms with E-state index in [0.29, 0.717) is 23.4 Å². The van der Waals surface area contributed by atoms with Crippen molar-refractivity contribution in [3.8, 4) is 5.75 Å². The molecule has 0 saturated carbocycles. The number of thiophene rings is 1. The Kier molecular flexibility index (Phi) is 2.83. The second-order valence-electron chi connectivity index (χ2n) is 4.16. The Bertz CT molecular complexity index is 649. The summed E-state index contributed by atoms with van der Waals surface area (Å²) >= 11 is 1.53. The third kappa shape index (κ3) is 1.82. The molecule has 0 spiro atoms. The first kappa shape index (κ1) is 11.9. The third-order valence-electron chi connectivity index (χ3n) is 3.07. The Morgan fingerprint density at radius 2 is 2.00 bits per heavy atom. The Morgan fingerprint density at radius 1 is 1.16 bits per heavy atom. The van der Waals surface area contributed by atoms with Crippen LogP contribution in [0, 0.1) is 0 Å². The molecule has 1 aliphatic rings. The van der Waals surface area contributed by atoms with Crippen molar-refractivity contribution in [3.63, 3.8) is 0 Å². The van der Waals surface area contributed by atoms with Gasteiger partial charge in [-0.15, -0.1) is 11.3 Å². The molecule has 0 N–H and O–H groups in total. The maximum atomic E-state index is 12.3. The molecule has 0 atom stereocenters. The number of rotatable bonds is 3. The van der Waals surface area contributed by atoms with Crippen LogP contribution in [-0.4, -0.2) is 23.8 Å². The largest absolute Gasteiger partial charge is 0.496 e. The summed E-state index contributed by atoms with van der Waals surface area (Å²) in [6, 6.07) is 8.88. The monoisotopic (exact) mass is 273 g/mol. The summed E-state index contributed by atoms with van der Waals surface area (Å²) in [6.45, 7) is 0.313. The molecule has 0 saturated heterocycles. The van der Waals surface area contributed by atoms with Crippen molar-refractivity contribution < 1.29 is 14.3 Å².